The van der Waals surface area contributed by atoms with Gasteiger partial charge in [0.05, 0.1) is 35.3 Å². The molecule has 8 heteroatoms. The van der Waals surface area contributed by atoms with E-state index in [0.717, 1.165) is 11.1 Å². The molecule has 0 fully saturated rings. The van der Waals surface area contributed by atoms with E-state index >= 15 is 0 Å². The van der Waals surface area contributed by atoms with Crippen molar-refractivity contribution in [2.45, 2.75) is 6.54 Å². The number of carbonyl (C=O) groups excluding carboxylic acids is 1. The second-order valence-electron chi connectivity index (χ2n) is 6.64. The molecule has 0 spiro atoms. The molecule has 4 aromatic rings. The van der Waals surface area contributed by atoms with Crippen LogP contribution in [0.15, 0.2) is 71.5 Å². The minimum atomic E-state index is -0.477. The number of urea groups is 1. The number of anilines is 2. The maximum Gasteiger partial charge on any atom is 0.323 e. The summed E-state index contributed by atoms with van der Waals surface area (Å²) in [7, 11) is 1.48. The number of nitrogens with zero attached hydrogens (tertiary/aromatic N) is 1. The Labute approximate surface area is 177 Å². The molecule has 0 bridgehead atoms. The number of aromatic amines is 1. The molecule has 0 radical (unpaired) electrons. The Morgan fingerprint density at radius 2 is 1.87 bits per heavy atom. The Bertz CT molecular complexity index is 1260. The van der Waals surface area contributed by atoms with Crippen molar-refractivity contribution >= 4 is 39.9 Å². The van der Waals surface area contributed by atoms with Crippen molar-refractivity contribution < 1.29 is 9.53 Å². The Morgan fingerprint density at radius 1 is 1.07 bits per heavy atom. The van der Waals surface area contributed by atoms with Crippen molar-refractivity contribution in [2.75, 3.05) is 17.7 Å². The van der Waals surface area contributed by atoms with Crippen LogP contribution in [-0.2, 0) is 6.54 Å². The van der Waals surface area contributed by atoms with Gasteiger partial charge in [-0.05, 0) is 35.9 Å². The fraction of sp³-hybridized carbons (Fsp3) is 0.0909. The van der Waals surface area contributed by atoms with Crippen LogP contribution in [-0.4, -0.2) is 22.9 Å². The van der Waals surface area contributed by atoms with Crippen molar-refractivity contribution in [3.8, 4) is 5.75 Å². The number of para-hydroxylation sites is 1. The number of H-pyrrole nitrogens is 1. The third kappa shape index (κ3) is 4.01. The standard InChI is InChI=1S/C22H19ClN4O3/c1-30-20-17(23)8-5-9-18(20)25-22(29)24-15-10-11-19-16(12-15)21(28)26-27(19)13-14-6-3-2-4-7-14/h2-12H,13H2,1H3,(H,26,28)(H2,24,25,29). The third-order valence-electron chi connectivity index (χ3n) is 4.63. The van der Waals surface area contributed by atoms with E-state index in [2.05, 4.69) is 15.7 Å². The molecule has 152 valence electrons. The van der Waals surface area contributed by atoms with Gasteiger partial charge in [0.1, 0.15) is 0 Å². The second-order valence-corrected chi connectivity index (χ2v) is 7.05. The fourth-order valence-electron chi connectivity index (χ4n) is 3.26. The average molecular weight is 423 g/mol. The molecule has 4 rings (SSSR count). The van der Waals surface area contributed by atoms with Gasteiger partial charge in [0.2, 0.25) is 0 Å². The van der Waals surface area contributed by atoms with E-state index < -0.39 is 6.03 Å². The first-order valence-electron chi connectivity index (χ1n) is 9.22. The van der Waals surface area contributed by atoms with E-state index in [9.17, 15) is 9.59 Å². The number of rotatable bonds is 5. The van der Waals surface area contributed by atoms with E-state index in [1.54, 1.807) is 41.1 Å². The first kappa shape index (κ1) is 19.6. The Morgan fingerprint density at radius 3 is 2.63 bits per heavy atom. The van der Waals surface area contributed by atoms with E-state index in [1.807, 2.05) is 30.3 Å². The SMILES string of the molecule is COc1c(Cl)cccc1NC(=O)Nc1ccc2c(c1)c(=O)[nH]n2Cc1ccccc1. The van der Waals surface area contributed by atoms with Crippen molar-refractivity contribution in [1.29, 1.82) is 0 Å². The van der Waals surface area contributed by atoms with Crippen LogP contribution in [0, 0.1) is 0 Å². The van der Waals surface area contributed by atoms with Gasteiger partial charge in [-0.25, -0.2) is 4.79 Å². The molecule has 1 aromatic heterocycles. The summed E-state index contributed by atoms with van der Waals surface area (Å²) in [6.45, 7) is 0.543. The lowest BCUT2D eigenvalue weighted by Crippen LogP contribution is -2.19. The zero-order chi connectivity index (χ0) is 21.1. The molecule has 0 saturated carbocycles. The number of benzene rings is 3. The van der Waals surface area contributed by atoms with Crippen LogP contribution in [0.25, 0.3) is 10.9 Å². The molecule has 0 unspecified atom stereocenters. The van der Waals surface area contributed by atoms with Crippen molar-refractivity contribution in [1.82, 2.24) is 9.78 Å². The van der Waals surface area contributed by atoms with E-state index in [1.165, 1.54) is 7.11 Å². The van der Waals surface area contributed by atoms with Crippen LogP contribution in [0.4, 0.5) is 16.2 Å². The summed E-state index contributed by atoms with van der Waals surface area (Å²) in [5.74, 6) is 0.374. The minimum Gasteiger partial charge on any atom is -0.493 e. The highest BCUT2D eigenvalue weighted by molar-refractivity contribution is 6.32. The second kappa shape index (κ2) is 8.34. The molecule has 0 saturated heterocycles. The van der Waals surface area contributed by atoms with Gasteiger partial charge in [-0.15, -0.1) is 0 Å². The van der Waals surface area contributed by atoms with Gasteiger partial charge in [-0.1, -0.05) is 48.0 Å². The molecule has 1 heterocycles. The highest BCUT2D eigenvalue weighted by Crippen LogP contribution is 2.32. The first-order valence-corrected chi connectivity index (χ1v) is 9.60. The van der Waals surface area contributed by atoms with E-state index in [0.29, 0.717) is 34.1 Å². The van der Waals surface area contributed by atoms with Crippen LogP contribution in [0.3, 0.4) is 0 Å². The van der Waals surface area contributed by atoms with Gasteiger partial charge < -0.3 is 15.4 Å². The lowest BCUT2D eigenvalue weighted by atomic mass is 10.2. The minimum absolute atomic E-state index is 0.221. The fourth-order valence-corrected chi connectivity index (χ4v) is 3.52. The van der Waals surface area contributed by atoms with Gasteiger partial charge in [0.25, 0.3) is 5.56 Å². The summed E-state index contributed by atoms with van der Waals surface area (Å²) >= 11 is 6.08. The topological polar surface area (TPSA) is 88.2 Å². The van der Waals surface area contributed by atoms with Crippen LogP contribution in [0.1, 0.15) is 5.56 Å². The van der Waals surface area contributed by atoms with Gasteiger partial charge in [-0.2, -0.15) is 0 Å². The van der Waals surface area contributed by atoms with Crippen LogP contribution in [0.2, 0.25) is 5.02 Å². The van der Waals surface area contributed by atoms with Gasteiger partial charge >= 0.3 is 6.03 Å². The summed E-state index contributed by atoms with van der Waals surface area (Å²) in [6, 6.07) is 19.6. The Balaban J connectivity index is 1.54. The largest absolute Gasteiger partial charge is 0.493 e. The summed E-state index contributed by atoms with van der Waals surface area (Å²) in [5, 5.41) is 9.16. The smallest absolute Gasteiger partial charge is 0.323 e. The lowest BCUT2D eigenvalue weighted by Gasteiger charge is -2.12. The molecule has 0 aliphatic heterocycles. The molecule has 2 amide bonds. The molecular formula is C22H19ClN4O3. The molecule has 30 heavy (non-hydrogen) atoms. The number of carbonyl (C=O) groups is 1. The van der Waals surface area contributed by atoms with Gasteiger partial charge in [0.15, 0.2) is 5.75 Å². The molecule has 3 aromatic carbocycles. The van der Waals surface area contributed by atoms with Gasteiger partial charge in [-0.3, -0.25) is 14.6 Å². The summed E-state index contributed by atoms with van der Waals surface area (Å²) in [6.07, 6.45) is 0. The zero-order valence-electron chi connectivity index (χ0n) is 16.1. The summed E-state index contributed by atoms with van der Waals surface area (Å²) in [4.78, 5) is 24.8. The third-order valence-corrected chi connectivity index (χ3v) is 4.93. The highest BCUT2D eigenvalue weighted by atomic mass is 35.5. The number of ether oxygens (including phenoxy) is 1. The number of nitrogens with one attached hydrogen (secondary N) is 3. The van der Waals surface area contributed by atoms with Crippen molar-refractivity contribution in [3.05, 3.63) is 87.7 Å². The monoisotopic (exact) mass is 422 g/mol. The molecular weight excluding hydrogens is 404 g/mol. The Kier molecular flexibility index (Phi) is 5.45. The van der Waals surface area contributed by atoms with Crippen LogP contribution < -0.4 is 20.9 Å². The molecule has 0 aliphatic rings. The maximum absolute atomic E-state index is 12.4. The number of hydrogen-bond donors (Lipinski definition) is 3. The Hall–Kier alpha value is -3.71. The first-order chi connectivity index (χ1) is 14.5. The summed E-state index contributed by atoms with van der Waals surface area (Å²) < 4.78 is 7.01. The van der Waals surface area contributed by atoms with Crippen molar-refractivity contribution in [2.24, 2.45) is 0 Å². The van der Waals surface area contributed by atoms with Crippen molar-refractivity contribution in [3.63, 3.8) is 0 Å². The number of aromatic nitrogens is 2. The highest BCUT2D eigenvalue weighted by Gasteiger charge is 2.12. The zero-order valence-corrected chi connectivity index (χ0v) is 16.9. The average Bonchev–Trinajstić information content (AvgIpc) is 3.04. The predicted octanol–water partition coefficient (Wildman–Crippen LogP) is 4.68. The number of amides is 2. The normalized spacial score (nSPS) is 10.7. The lowest BCUT2D eigenvalue weighted by molar-refractivity contribution is 0.262. The van der Waals surface area contributed by atoms with Gasteiger partial charge in [0, 0.05) is 5.69 Å². The molecule has 3 N–H and O–H groups in total. The molecule has 0 aliphatic carbocycles. The van der Waals surface area contributed by atoms with E-state index in [4.69, 9.17) is 16.3 Å². The number of hydrogen-bond acceptors (Lipinski definition) is 3. The molecule has 7 nitrogen and oxygen atoms in total. The number of fused-ring (bicyclic) bond motifs is 1. The van der Waals surface area contributed by atoms with E-state index in [-0.39, 0.29) is 5.56 Å². The number of methoxy groups -OCH3 is 1. The number of halogens is 1. The molecule has 0 atom stereocenters. The predicted molar refractivity (Wildman–Crippen MR) is 119 cm³/mol. The van der Waals surface area contributed by atoms with Crippen LogP contribution in [0.5, 0.6) is 5.75 Å². The maximum atomic E-state index is 12.4. The summed E-state index contributed by atoms with van der Waals surface area (Å²) in [5.41, 5.74) is 2.54. The quantitative estimate of drug-likeness (QED) is 0.436. The van der Waals surface area contributed by atoms with Crippen LogP contribution >= 0.6 is 11.6 Å².